The number of nitriles is 1. The summed E-state index contributed by atoms with van der Waals surface area (Å²) >= 11 is 0. The summed E-state index contributed by atoms with van der Waals surface area (Å²) in [7, 11) is 0. The minimum Gasteiger partial charge on any atom is -0.350 e. The van der Waals surface area contributed by atoms with Gasteiger partial charge in [0.05, 0.1) is 5.56 Å². The van der Waals surface area contributed by atoms with Crippen LogP contribution in [-0.4, -0.2) is 17.4 Å². The molecule has 2 rings (SSSR count). The molecule has 0 saturated heterocycles. The van der Waals surface area contributed by atoms with Crippen LogP contribution in [0.1, 0.15) is 21.6 Å². The second-order valence-electron chi connectivity index (χ2n) is 4.18. The van der Waals surface area contributed by atoms with Gasteiger partial charge >= 0.3 is 0 Å². The summed E-state index contributed by atoms with van der Waals surface area (Å²) in [6.45, 7) is 0.393. The summed E-state index contributed by atoms with van der Waals surface area (Å²) in [5.41, 5.74) is 1.47. The van der Waals surface area contributed by atoms with Crippen molar-refractivity contribution in [2.24, 2.45) is 0 Å². The number of pyridine rings is 1. The quantitative estimate of drug-likeness (QED) is 0.924. The second kappa shape index (κ2) is 6.43. The molecule has 4 nitrogen and oxygen atoms in total. The highest BCUT2D eigenvalue weighted by molar-refractivity contribution is 5.92. The van der Waals surface area contributed by atoms with Crippen LogP contribution in [0.3, 0.4) is 0 Å². The van der Waals surface area contributed by atoms with Crippen molar-refractivity contribution < 1.29 is 9.18 Å². The van der Waals surface area contributed by atoms with E-state index in [2.05, 4.69) is 10.3 Å². The molecule has 0 aliphatic rings. The average molecular weight is 269 g/mol. The van der Waals surface area contributed by atoms with Gasteiger partial charge in [0.25, 0.3) is 5.91 Å². The molecular weight excluding hydrogens is 257 g/mol. The Morgan fingerprint density at radius 3 is 2.85 bits per heavy atom. The van der Waals surface area contributed by atoms with Crippen molar-refractivity contribution in [3.8, 4) is 6.07 Å². The van der Waals surface area contributed by atoms with Gasteiger partial charge in [-0.25, -0.2) is 9.37 Å². The zero-order valence-electron chi connectivity index (χ0n) is 10.6. The summed E-state index contributed by atoms with van der Waals surface area (Å²) in [5, 5.41) is 11.3. The van der Waals surface area contributed by atoms with E-state index in [9.17, 15) is 9.18 Å². The number of nitrogens with zero attached hydrogens (tertiary/aromatic N) is 2. The van der Waals surface area contributed by atoms with Crippen molar-refractivity contribution in [1.29, 1.82) is 5.26 Å². The molecule has 0 saturated carbocycles. The van der Waals surface area contributed by atoms with Crippen LogP contribution in [-0.2, 0) is 6.42 Å². The van der Waals surface area contributed by atoms with E-state index in [1.807, 2.05) is 6.07 Å². The van der Waals surface area contributed by atoms with Gasteiger partial charge < -0.3 is 5.32 Å². The number of amides is 1. The second-order valence-corrected chi connectivity index (χ2v) is 4.18. The minimum absolute atomic E-state index is 0.253. The van der Waals surface area contributed by atoms with Crippen molar-refractivity contribution in [2.45, 2.75) is 6.42 Å². The van der Waals surface area contributed by atoms with Gasteiger partial charge in [-0.1, -0.05) is 12.1 Å². The SMILES string of the molecule is N#Cc1ccc(C(=O)NCCc2cccc(F)c2)nc1. The molecule has 0 fully saturated rings. The lowest BCUT2D eigenvalue weighted by Crippen LogP contribution is -2.26. The Balaban J connectivity index is 1.87. The molecule has 0 atom stereocenters. The first-order valence-electron chi connectivity index (χ1n) is 6.08. The van der Waals surface area contributed by atoms with Gasteiger partial charge in [-0.3, -0.25) is 4.79 Å². The molecule has 0 spiro atoms. The van der Waals surface area contributed by atoms with Gasteiger partial charge in [-0.05, 0) is 36.2 Å². The Labute approximate surface area is 115 Å². The number of carbonyl (C=O) groups excluding carboxylic acids is 1. The van der Waals surface area contributed by atoms with Gasteiger partial charge in [-0.2, -0.15) is 5.26 Å². The molecule has 0 aliphatic heterocycles. The molecule has 100 valence electrons. The largest absolute Gasteiger partial charge is 0.350 e. The third-order valence-electron chi connectivity index (χ3n) is 2.71. The van der Waals surface area contributed by atoms with Gasteiger partial charge in [0.2, 0.25) is 0 Å². The van der Waals surface area contributed by atoms with Gasteiger partial charge in [0.1, 0.15) is 17.6 Å². The van der Waals surface area contributed by atoms with Gasteiger partial charge in [-0.15, -0.1) is 0 Å². The maximum absolute atomic E-state index is 13.0. The summed E-state index contributed by atoms with van der Waals surface area (Å²) in [4.78, 5) is 15.7. The minimum atomic E-state index is -0.314. The Kier molecular flexibility index (Phi) is 4.40. The van der Waals surface area contributed by atoms with Crippen LogP contribution in [0.4, 0.5) is 4.39 Å². The normalized spacial score (nSPS) is 9.80. The molecule has 0 unspecified atom stereocenters. The van der Waals surface area contributed by atoms with Crippen molar-refractivity contribution in [2.75, 3.05) is 6.54 Å². The maximum atomic E-state index is 13.0. The van der Waals surface area contributed by atoms with Crippen LogP contribution in [0.2, 0.25) is 0 Å². The van der Waals surface area contributed by atoms with E-state index in [0.29, 0.717) is 18.5 Å². The van der Waals surface area contributed by atoms with Gasteiger partial charge in [0.15, 0.2) is 0 Å². The molecule has 1 aromatic carbocycles. The highest BCUT2D eigenvalue weighted by atomic mass is 19.1. The Morgan fingerprint density at radius 2 is 2.20 bits per heavy atom. The number of carbonyl (C=O) groups is 1. The molecule has 1 heterocycles. The number of rotatable bonds is 4. The summed E-state index contributed by atoms with van der Waals surface area (Å²) in [6, 6.07) is 11.2. The van der Waals surface area contributed by atoms with Crippen LogP contribution in [0.15, 0.2) is 42.6 Å². The monoisotopic (exact) mass is 269 g/mol. The predicted octanol–water partition coefficient (Wildman–Crippen LogP) is 2.06. The van der Waals surface area contributed by atoms with Crippen LogP contribution in [0.25, 0.3) is 0 Å². The van der Waals surface area contributed by atoms with Crippen LogP contribution in [0, 0.1) is 17.1 Å². The maximum Gasteiger partial charge on any atom is 0.269 e. The highest BCUT2D eigenvalue weighted by Gasteiger charge is 2.06. The molecule has 1 N–H and O–H groups in total. The molecule has 20 heavy (non-hydrogen) atoms. The smallest absolute Gasteiger partial charge is 0.269 e. The fraction of sp³-hybridized carbons (Fsp3) is 0.133. The van der Waals surface area contributed by atoms with E-state index in [0.717, 1.165) is 5.56 Å². The Bertz CT molecular complexity index is 647. The zero-order chi connectivity index (χ0) is 14.4. The lowest BCUT2D eigenvalue weighted by molar-refractivity contribution is 0.0949. The van der Waals surface area contributed by atoms with E-state index in [4.69, 9.17) is 5.26 Å². The van der Waals surface area contributed by atoms with E-state index < -0.39 is 0 Å². The number of nitrogens with one attached hydrogen (secondary N) is 1. The lowest BCUT2D eigenvalue weighted by atomic mass is 10.1. The third-order valence-corrected chi connectivity index (χ3v) is 2.71. The van der Waals surface area contributed by atoms with Crippen molar-refractivity contribution in [3.05, 3.63) is 65.2 Å². The molecular formula is C15H12FN3O. The predicted molar refractivity (Wildman–Crippen MR) is 71.4 cm³/mol. The number of halogens is 1. The van der Waals surface area contributed by atoms with E-state index in [-0.39, 0.29) is 17.4 Å². The third kappa shape index (κ3) is 3.62. The van der Waals surface area contributed by atoms with Gasteiger partial charge in [0, 0.05) is 12.7 Å². The first kappa shape index (κ1) is 13.7. The lowest BCUT2D eigenvalue weighted by Gasteiger charge is -2.05. The highest BCUT2D eigenvalue weighted by Crippen LogP contribution is 2.04. The number of aromatic nitrogens is 1. The summed E-state index contributed by atoms with van der Waals surface area (Å²) < 4.78 is 13.0. The van der Waals surface area contributed by atoms with Crippen LogP contribution in [0.5, 0.6) is 0 Å². The fourth-order valence-electron chi connectivity index (χ4n) is 1.70. The fourth-order valence-corrected chi connectivity index (χ4v) is 1.70. The first-order chi connectivity index (χ1) is 9.69. The van der Waals surface area contributed by atoms with Crippen LogP contribution < -0.4 is 5.32 Å². The Morgan fingerprint density at radius 1 is 1.35 bits per heavy atom. The number of hydrogen-bond donors (Lipinski definition) is 1. The van der Waals surface area contributed by atoms with Crippen LogP contribution >= 0.6 is 0 Å². The molecule has 0 bridgehead atoms. The summed E-state index contributed by atoms with van der Waals surface area (Å²) in [6.07, 6.45) is 1.89. The van der Waals surface area contributed by atoms with Crippen molar-refractivity contribution in [1.82, 2.24) is 10.3 Å². The topological polar surface area (TPSA) is 65.8 Å². The molecule has 1 aromatic heterocycles. The average Bonchev–Trinajstić information content (AvgIpc) is 2.47. The molecule has 2 aromatic rings. The van der Waals surface area contributed by atoms with E-state index in [1.54, 1.807) is 12.1 Å². The zero-order valence-corrected chi connectivity index (χ0v) is 10.6. The first-order valence-corrected chi connectivity index (χ1v) is 6.08. The van der Waals surface area contributed by atoms with E-state index in [1.165, 1.54) is 30.5 Å². The van der Waals surface area contributed by atoms with Crippen molar-refractivity contribution in [3.63, 3.8) is 0 Å². The van der Waals surface area contributed by atoms with E-state index >= 15 is 0 Å². The standard InChI is InChI=1S/C15H12FN3O/c16-13-3-1-2-11(8-13)6-7-18-15(20)14-5-4-12(9-17)10-19-14/h1-5,8,10H,6-7H2,(H,18,20). The molecule has 0 radical (unpaired) electrons. The number of hydrogen-bond acceptors (Lipinski definition) is 3. The molecule has 1 amide bonds. The summed E-state index contributed by atoms with van der Waals surface area (Å²) in [5.74, 6) is -0.603. The number of benzene rings is 1. The molecule has 5 heteroatoms. The van der Waals surface area contributed by atoms with Crippen molar-refractivity contribution >= 4 is 5.91 Å². The Hall–Kier alpha value is -2.74. The molecule has 0 aliphatic carbocycles.